The lowest BCUT2D eigenvalue weighted by Crippen LogP contribution is -2.30. The molecule has 0 unspecified atom stereocenters. The van der Waals surface area contributed by atoms with Crippen molar-refractivity contribution in [2.45, 2.75) is 39.7 Å². The molecule has 26 heavy (non-hydrogen) atoms. The highest BCUT2D eigenvalue weighted by atomic mass is 35.5. The molecule has 7 heteroatoms. The lowest BCUT2D eigenvalue weighted by atomic mass is 10.2. The molecule has 1 atom stereocenters. The monoisotopic (exact) mass is 393 g/mol. The van der Waals surface area contributed by atoms with Gasteiger partial charge in [-0.2, -0.15) is 0 Å². The summed E-state index contributed by atoms with van der Waals surface area (Å²) in [5, 5.41) is 3.18. The van der Waals surface area contributed by atoms with E-state index in [4.69, 9.17) is 16.3 Å². The van der Waals surface area contributed by atoms with Gasteiger partial charge in [-0.3, -0.25) is 14.4 Å². The van der Waals surface area contributed by atoms with Gasteiger partial charge in [0, 0.05) is 22.0 Å². The Morgan fingerprint density at radius 3 is 2.54 bits per heavy atom. The third-order valence-corrected chi connectivity index (χ3v) is 4.98. The first-order valence-electron chi connectivity index (χ1n) is 8.12. The first kappa shape index (κ1) is 20.1. The quantitative estimate of drug-likeness (QED) is 0.553. The summed E-state index contributed by atoms with van der Waals surface area (Å²) in [6.07, 6.45) is -0.982. The maximum atomic E-state index is 12.2. The standard InChI is InChI=1S/C19H20ClNO4S/c1-11-4-6-14(20)10-15(11)21-19(24)13(3)25-18(23)9-7-16(22)17-8-5-12(2)26-17/h4-6,8,10,13H,7,9H2,1-3H3,(H,21,24)/t13-/m1/s1. The summed E-state index contributed by atoms with van der Waals surface area (Å²) >= 11 is 7.31. The number of anilines is 1. The summed E-state index contributed by atoms with van der Waals surface area (Å²) in [6.45, 7) is 5.23. The number of Topliss-reactive ketones (excluding diaryl/α,β-unsaturated/α-hetero) is 1. The van der Waals surface area contributed by atoms with Gasteiger partial charge in [-0.25, -0.2) is 0 Å². The van der Waals surface area contributed by atoms with Crippen LogP contribution >= 0.6 is 22.9 Å². The van der Waals surface area contributed by atoms with Crippen LogP contribution < -0.4 is 5.32 Å². The van der Waals surface area contributed by atoms with Crippen molar-refractivity contribution in [2.75, 3.05) is 5.32 Å². The predicted octanol–water partition coefficient (Wildman–Crippen LogP) is 4.55. The van der Waals surface area contributed by atoms with Crippen LogP contribution in [0.15, 0.2) is 30.3 Å². The van der Waals surface area contributed by atoms with Crippen molar-refractivity contribution in [1.29, 1.82) is 0 Å². The number of rotatable bonds is 7. The highest BCUT2D eigenvalue weighted by Gasteiger charge is 2.20. The molecule has 0 fully saturated rings. The second kappa shape index (κ2) is 8.96. The van der Waals surface area contributed by atoms with Crippen LogP contribution in [0.2, 0.25) is 5.02 Å². The van der Waals surface area contributed by atoms with E-state index in [-0.39, 0.29) is 18.6 Å². The number of ether oxygens (including phenoxy) is 1. The predicted molar refractivity (Wildman–Crippen MR) is 103 cm³/mol. The fraction of sp³-hybridized carbons (Fsp3) is 0.316. The van der Waals surface area contributed by atoms with Gasteiger partial charge in [-0.05, 0) is 50.6 Å². The molecule has 138 valence electrons. The van der Waals surface area contributed by atoms with E-state index in [2.05, 4.69) is 5.32 Å². The summed E-state index contributed by atoms with van der Waals surface area (Å²) < 4.78 is 5.11. The number of benzene rings is 1. The average Bonchev–Trinajstić information content (AvgIpc) is 3.02. The van der Waals surface area contributed by atoms with E-state index < -0.39 is 18.0 Å². The van der Waals surface area contributed by atoms with Crippen LogP contribution in [0.25, 0.3) is 0 Å². The van der Waals surface area contributed by atoms with E-state index in [1.54, 1.807) is 24.3 Å². The van der Waals surface area contributed by atoms with Crippen LogP contribution in [0.4, 0.5) is 5.69 Å². The van der Waals surface area contributed by atoms with Crippen molar-refractivity contribution in [3.05, 3.63) is 50.7 Å². The van der Waals surface area contributed by atoms with E-state index in [0.29, 0.717) is 15.6 Å². The van der Waals surface area contributed by atoms with Crippen LogP contribution in [0.3, 0.4) is 0 Å². The number of esters is 1. The summed E-state index contributed by atoms with van der Waals surface area (Å²) in [7, 11) is 0. The Morgan fingerprint density at radius 1 is 1.15 bits per heavy atom. The third-order valence-electron chi connectivity index (χ3n) is 3.71. The van der Waals surface area contributed by atoms with Crippen molar-refractivity contribution in [1.82, 2.24) is 0 Å². The molecule has 1 aromatic carbocycles. The number of thiophene rings is 1. The second-order valence-corrected chi connectivity index (χ2v) is 7.64. The number of carbonyl (C=O) groups is 3. The minimum atomic E-state index is -0.972. The lowest BCUT2D eigenvalue weighted by Gasteiger charge is -2.14. The fourth-order valence-electron chi connectivity index (χ4n) is 2.20. The zero-order valence-electron chi connectivity index (χ0n) is 14.8. The van der Waals surface area contributed by atoms with E-state index in [9.17, 15) is 14.4 Å². The Hall–Kier alpha value is -2.18. The molecule has 0 saturated carbocycles. The molecule has 1 N–H and O–H groups in total. The zero-order chi connectivity index (χ0) is 19.3. The lowest BCUT2D eigenvalue weighted by molar-refractivity contribution is -0.153. The summed E-state index contributed by atoms with van der Waals surface area (Å²) in [4.78, 5) is 37.7. The molecule has 1 aromatic heterocycles. The van der Waals surface area contributed by atoms with Crippen LogP contribution in [0, 0.1) is 13.8 Å². The van der Waals surface area contributed by atoms with Crippen LogP contribution in [-0.4, -0.2) is 23.8 Å². The van der Waals surface area contributed by atoms with Crippen molar-refractivity contribution in [3.63, 3.8) is 0 Å². The number of nitrogens with one attached hydrogen (secondary N) is 1. The molecule has 0 aliphatic rings. The highest BCUT2D eigenvalue weighted by Crippen LogP contribution is 2.21. The molecule has 2 aromatic rings. The van der Waals surface area contributed by atoms with E-state index >= 15 is 0 Å². The number of amides is 1. The maximum Gasteiger partial charge on any atom is 0.307 e. The Morgan fingerprint density at radius 2 is 1.88 bits per heavy atom. The fourth-order valence-corrected chi connectivity index (χ4v) is 3.20. The van der Waals surface area contributed by atoms with Gasteiger partial charge >= 0.3 is 5.97 Å². The number of aryl methyl sites for hydroxylation is 2. The van der Waals surface area contributed by atoms with Gasteiger partial charge in [-0.15, -0.1) is 11.3 Å². The molecular weight excluding hydrogens is 374 g/mol. The summed E-state index contributed by atoms with van der Waals surface area (Å²) in [5.74, 6) is -1.15. The van der Waals surface area contributed by atoms with Gasteiger partial charge in [-0.1, -0.05) is 17.7 Å². The van der Waals surface area contributed by atoms with Crippen LogP contribution in [-0.2, 0) is 14.3 Å². The SMILES string of the molecule is Cc1ccc(C(=O)CCC(=O)O[C@H](C)C(=O)Nc2cc(Cl)ccc2C)s1. The molecule has 0 spiro atoms. The summed E-state index contributed by atoms with van der Waals surface area (Å²) in [5.41, 5.74) is 1.41. The number of halogens is 1. The van der Waals surface area contributed by atoms with Crippen molar-refractivity contribution in [2.24, 2.45) is 0 Å². The van der Waals surface area contributed by atoms with Gasteiger partial charge in [0.25, 0.3) is 5.91 Å². The van der Waals surface area contributed by atoms with Gasteiger partial charge in [0.05, 0.1) is 11.3 Å². The number of hydrogen-bond donors (Lipinski definition) is 1. The van der Waals surface area contributed by atoms with Crippen LogP contribution in [0.1, 0.15) is 39.9 Å². The molecule has 2 rings (SSSR count). The minimum Gasteiger partial charge on any atom is -0.453 e. The first-order valence-corrected chi connectivity index (χ1v) is 9.32. The number of ketones is 1. The normalized spacial score (nSPS) is 11.7. The Bertz CT molecular complexity index is 831. The Kier molecular flexibility index (Phi) is 6.94. The van der Waals surface area contributed by atoms with E-state index in [1.807, 2.05) is 19.9 Å². The first-order chi connectivity index (χ1) is 12.3. The topological polar surface area (TPSA) is 72.5 Å². The van der Waals surface area contributed by atoms with Crippen molar-refractivity contribution in [3.8, 4) is 0 Å². The van der Waals surface area contributed by atoms with Crippen molar-refractivity contribution >= 4 is 46.3 Å². The number of carbonyl (C=O) groups excluding carboxylic acids is 3. The van der Waals surface area contributed by atoms with Gasteiger partial charge in [0.2, 0.25) is 0 Å². The Labute approximate surface area is 161 Å². The Balaban J connectivity index is 1.83. The van der Waals surface area contributed by atoms with E-state index in [0.717, 1.165) is 10.4 Å². The molecule has 0 bridgehead atoms. The maximum absolute atomic E-state index is 12.2. The second-order valence-electron chi connectivity index (χ2n) is 5.91. The van der Waals surface area contributed by atoms with Gasteiger partial charge < -0.3 is 10.1 Å². The third kappa shape index (κ3) is 5.68. The van der Waals surface area contributed by atoms with Gasteiger partial charge in [0.1, 0.15) is 0 Å². The smallest absolute Gasteiger partial charge is 0.307 e. The van der Waals surface area contributed by atoms with Crippen molar-refractivity contribution < 1.29 is 19.1 Å². The molecule has 1 heterocycles. The van der Waals surface area contributed by atoms with E-state index in [1.165, 1.54) is 18.3 Å². The molecule has 0 radical (unpaired) electrons. The molecule has 1 amide bonds. The molecule has 0 aliphatic heterocycles. The highest BCUT2D eigenvalue weighted by molar-refractivity contribution is 7.14. The average molecular weight is 394 g/mol. The molecule has 0 saturated heterocycles. The van der Waals surface area contributed by atoms with Crippen LogP contribution in [0.5, 0.6) is 0 Å². The zero-order valence-corrected chi connectivity index (χ0v) is 16.4. The largest absolute Gasteiger partial charge is 0.453 e. The minimum absolute atomic E-state index is 0.0561. The molecule has 5 nitrogen and oxygen atoms in total. The molecular formula is C19H20ClNO4S. The molecule has 0 aliphatic carbocycles. The number of hydrogen-bond acceptors (Lipinski definition) is 5. The van der Waals surface area contributed by atoms with Gasteiger partial charge in [0.15, 0.2) is 11.9 Å². The summed E-state index contributed by atoms with van der Waals surface area (Å²) in [6, 6.07) is 8.75.